The van der Waals surface area contributed by atoms with Crippen LogP contribution in [0.4, 0.5) is 13.2 Å². The number of pyridine rings is 1. The second-order valence-corrected chi connectivity index (χ2v) is 14.3. The number of nitrogens with zero attached hydrogens (tertiary/aromatic N) is 1. The van der Waals surface area contributed by atoms with Gasteiger partial charge in [-0.25, -0.2) is 0 Å². The molecule has 2 heterocycles. The maximum atomic E-state index is 11.6. The summed E-state index contributed by atoms with van der Waals surface area (Å²) in [6.07, 6.45) is -2.52. The zero-order valence-electron chi connectivity index (χ0n) is 27.3. The van der Waals surface area contributed by atoms with Gasteiger partial charge in [-0.05, 0) is 45.7 Å². The number of benzene rings is 3. The second-order valence-electron chi connectivity index (χ2n) is 13.2. The summed E-state index contributed by atoms with van der Waals surface area (Å²) in [5.74, 6) is -2.02. The first-order valence-electron chi connectivity index (χ1n) is 15.0. The Kier molecular flexibility index (Phi) is 11.5. The summed E-state index contributed by atoms with van der Waals surface area (Å²) < 4.78 is 39.6. The fraction of sp³-hybridized carbons (Fsp3) is 0.316. The van der Waals surface area contributed by atoms with Gasteiger partial charge in [0.25, 0.3) is 5.78 Å². The minimum atomic E-state index is -4.90. The number of ketones is 1. The van der Waals surface area contributed by atoms with E-state index in [1.165, 1.54) is 47.6 Å². The quantitative estimate of drug-likeness (QED) is 0.0830. The third-order valence-electron chi connectivity index (χ3n) is 7.76. The number of aliphatic hydroxyl groups is 1. The van der Waals surface area contributed by atoms with Crippen LogP contribution >= 0.6 is 11.3 Å². The van der Waals surface area contributed by atoms with Gasteiger partial charge in [0.15, 0.2) is 0 Å². The molecule has 1 radical (unpaired) electrons. The molecule has 0 fully saturated rings. The molecular formula is C38H41F3IrNO2S-. The molecule has 46 heavy (non-hydrogen) atoms. The number of aromatic nitrogens is 1. The van der Waals surface area contributed by atoms with E-state index in [4.69, 9.17) is 5.11 Å². The molecule has 5 aromatic rings. The molecule has 247 valence electrons. The second kappa shape index (κ2) is 14.2. The van der Waals surface area contributed by atoms with Crippen molar-refractivity contribution < 1.29 is 47.7 Å². The zero-order chi connectivity index (χ0) is 33.4. The number of aliphatic hydroxyl groups excluding tert-OH is 1. The molecule has 0 aliphatic heterocycles. The van der Waals surface area contributed by atoms with Crippen molar-refractivity contribution in [3.05, 3.63) is 103 Å². The van der Waals surface area contributed by atoms with Crippen LogP contribution in [0.1, 0.15) is 77.5 Å². The molecule has 0 bridgehead atoms. The molecule has 3 aromatic carbocycles. The van der Waals surface area contributed by atoms with Crippen LogP contribution in [0, 0.1) is 19.9 Å². The van der Waals surface area contributed by atoms with Crippen molar-refractivity contribution in [2.45, 2.75) is 72.4 Å². The molecule has 0 atom stereocenters. The summed E-state index contributed by atoms with van der Waals surface area (Å²) in [6, 6.07) is 20.1. The number of carbonyl (C=O) groups is 1. The molecule has 2 aromatic heterocycles. The monoisotopic (exact) mass is 825 g/mol. The van der Waals surface area contributed by atoms with Gasteiger partial charge in [0.2, 0.25) is 0 Å². The summed E-state index contributed by atoms with van der Waals surface area (Å²) >= 11 is 1.87. The van der Waals surface area contributed by atoms with Gasteiger partial charge in [0, 0.05) is 49.0 Å². The largest absolute Gasteiger partial charge is 0.512 e. The Morgan fingerprint density at radius 1 is 0.957 bits per heavy atom. The molecule has 8 heteroatoms. The molecule has 5 rings (SSSR count). The van der Waals surface area contributed by atoms with Gasteiger partial charge in [-0.15, -0.1) is 34.4 Å². The number of carbonyl (C=O) groups excluding carboxylic acids is 1. The third-order valence-corrected chi connectivity index (χ3v) is 8.93. The fourth-order valence-corrected chi connectivity index (χ4v) is 6.77. The molecule has 0 aliphatic carbocycles. The number of allylic oxidation sites excluding steroid dienone is 2. The normalized spacial score (nSPS) is 12.5. The maximum absolute atomic E-state index is 11.6. The first kappa shape index (κ1) is 37.1. The molecule has 0 saturated heterocycles. The number of halogens is 3. The van der Waals surface area contributed by atoms with Gasteiger partial charge >= 0.3 is 6.18 Å². The maximum Gasteiger partial charge on any atom is 0.454 e. The molecule has 0 unspecified atom stereocenters. The van der Waals surface area contributed by atoms with E-state index in [9.17, 15) is 18.0 Å². The van der Waals surface area contributed by atoms with E-state index in [1.54, 1.807) is 13.8 Å². The first-order chi connectivity index (χ1) is 20.9. The topological polar surface area (TPSA) is 41.2 Å². The van der Waals surface area contributed by atoms with Crippen molar-refractivity contribution in [2.24, 2.45) is 5.92 Å². The van der Waals surface area contributed by atoms with Gasteiger partial charge in [-0.1, -0.05) is 89.7 Å². The molecule has 0 saturated carbocycles. The minimum absolute atomic E-state index is 0. The van der Waals surface area contributed by atoms with E-state index in [0.717, 1.165) is 11.3 Å². The third kappa shape index (κ3) is 7.96. The van der Waals surface area contributed by atoms with Gasteiger partial charge in [0.1, 0.15) is 0 Å². The Hall–Kier alpha value is -3.32. The molecule has 0 amide bonds. The van der Waals surface area contributed by atoms with E-state index in [0.29, 0.717) is 5.92 Å². The summed E-state index contributed by atoms with van der Waals surface area (Å²) in [7, 11) is 4.37. The molecular weight excluding hydrogens is 784 g/mol. The van der Waals surface area contributed by atoms with E-state index in [-0.39, 0.29) is 43.9 Å². The van der Waals surface area contributed by atoms with E-state index >= 15 is 0 Å². The summed E-state index contributed by atoms with van der Waals surface area (Å²) in [5, 5.41) is 14.0. The Bertz CT molecular complexity index is 1910. The van der Waals surface area contributed by atoms with Crippen molar-refractivity contribution in [1.29, 1.82) is 0 Å². The minimum Gasteiger partial charge on any atom is -0.512 e. The van der Waals surface area contributed by atoms with Crippen LogP contribution in [0.3, 0.4) is 0 Å². The van der Waals surface area contributed by atoms with Crippen LogP contribution in [0.5, 0.6) is 0 Å². The van der Waals surface area contributed by atoms with Crippen LogP contribution in [0.15, 0.2) is 72.6 Å². The zero-order valence-corrected chi connectivity index (χ0v) is 30.5. The van der Waals surface area contributed by atoms with Crippen LogP contribution in [0.2, 0.25) is 0 Å². The van der Waals surface area contributed by atoms with E-state index < -0.39 is 17.7 Å². The Balaban J connectivity index is 0.000000352. The Labute approximate surface area is 287 Å². The van der Waals surface area contributed by atoms with Gasteiger partial charge in [-0.2, -0.15) is 25.7 Å². The van der Waals surface area contributed by atoms with Crippen molar-refractivity contribution >= 4 is 48.1 Å². The number of hydrogen-bond donors (Lipinski definition) is 1. The number of thiophene rings is 1. The van der Waals surface area contributed by atoms with Crippen LogP contribution < -0.4 is 4.57 Å². The van der Waals surface area contributed by atoms with E-state index in [2.05, 4.69) is 109 Å². The number of rotatable bonds is 5. The Morgan fingerprint density at radius 3 is 2.15 bits per heavy atom. The average molecular weight is 825 g/mol. The van der Waals surface area contributed by atoms with Gasteiger partial charge in [-0.3, -0.25) is 4.79 Å². The SMILES string of the molecule is CC(C)C/C(O)=C/C(=O)C(F)(F)F.[CH2-]c1c(-c2c3sc4cc(C(C)C)ccc4c3cc[n+]2[CH2-])cc(C(C)(C)C)c2ccccc12.[Ir]. The summed E-state index contributed by atoms with van der Waals surface area (Å²) in [5.41, 5.74) is 6.14. The van der Waals surface area contributed by atoms with Crippen molar-refractivity contribution in [1.82, 2.24) is 0 Å². The average Bonchev–Trinajstić information content (AvgIpc) is 3.30. The fourth-order valence-electron chi connectivity index (χ4n) is 5.46. The number of hydrogen-bond acceptors (Lipinski definition) is 3. The van der Waals surface area contributed by atoms with Crippen molar-refractivity contribution in [2.75, 3.05) is 0 Å². The summed E-state index contributed by atoms with van der Waals surface area (Å²) in [4.78, 5) is 10.3. The number of alkyl halides is 3. The number of fused-ring (bicyclic) bond motifs is 4. The van der Waals surface area contributed by atoms with Crippen molar-refractivity contribution in [3.63, 3.8) is 0 Å². The molecule has 3 nitrogen and oxygen atoms in total. The van der Waals surface area contributed by atoms with E-state index in [1.807, 2.05) is 15.9 Å². The summed E-state index contributed by atoms with van der Waals surface area (Å²) in [6.45, 7) is 19.4. The van der Waals surface area contributed by atoms with Crippen molar-refractivity contribution in [3.8, 4) is 11.3 Å². The molecule has 0 spiro atoms. The molecule has 0 aliphatic rings. The predicted octanol–water partition coefficient (Wildman–Crippen LogP) is 11.0. The Morgan fingerprint density at radius 2 is 1.59 bits per heavy atom. The predicted molar refractivity (Wildman–Crippen MR) is 182 cm³/mol. The molecule has 1 N–H and O–H groups in total. The van der Waals surface area contributed by atoms with Gasteiger partial charge < -0.3 is 9.67 Å². The van der Waals surface area contributed by atoms with Crippen LogP contribution in [-0.2, 0) is 30.3 Å². The van der Waals surface area contributed by atoms with Gasteiger partial charge in [0.05, 0.1) is 17.6 Å². The smallest absolute Gasteiger partial charge is 0.454 e. The van der Waals surface area contributed by atoms with Crippen LogP contribution in [-0.4, -0.2) is 17.1 Å². The van der Waals surface area contributed by atoms with Crippen LogP contribution in [0.25, 0.3) is 42.2 Å². The standard InChI is InChI=1S/C30H30NS.C8H11F3O2.Ir/c1-18(2)20-12-13-23-24-14-15-31(7)28(29(24)32-27(23)16-20)25-17-26(30(4,5)6)22-11-9-8-10-21(22)19(25)3;1-5(2)3-6(12)4-7(13)8(9,10)11;/h8-18H,3,7H2,1-2,4-6H3;4-5,12H,3H2,1-2H3;/q-1;;/b;6-4-;. The first-order valence-corrected chi connectivity index (χ1v) is 15.8.